The van der Waals surface area contributed by atoms with E-state index in [0.29, 0.717) is 13.2 Å². The Bertz CT molecular complexity index is 496. The van der Waals surface area contributed by atoms with Crippen molar-refractivity contribution in [3.8, 4) is 11.5 Å². The molecule has 0 aromatic heterocycles. The monoisotopic (exact) mass is 276 g/mol. The minimum Gasteiger partial charge on any atom is -0.486 e. The maximum atomic E-state index is 6.36. The van der Waals surface area contributed by atoms with Gasteiger partial charge in [0.05, 0.1) is 6.04 Å². The number of nitrogens with zero attached hydrogens (tertiary/aromatic N) is 1. The molecule has 0 aliphatic carbocycles. The highest BCUT2D eigenvalue weighted by Gasteiger charge is 2.39. The van der Waals surface area contributed by atoms with Crippen molar-refractivity contribution in [3.63, 3.8) is 0 Å². The highest BCUT2D eigenvalue weighted by Crippen LogP contribution is 2.40. The van der Waals surface area contributed by atoms with Gasteiger partial charge in [-0.3, -0.25) is 4.90 Å². The maximum absolute atomic E-state index is 6.36. The lowest BCUT2D eigenvalue weighted by Crippen LogP contribution is -2.43. The third kappa shape index (κ3) is 2.38. The Balaban J connectivity index is 1.94. The van der Waals surface area contributed by atoms with Crippen molar-refractivity contribution in [3.05, 3.63) is 23.8 Å². The zero-order valence-electron chi connectivity index (χ0n) is 12.6. The molecule has 2 unspecified atom stereocenters. The minimum absolute atomic E-state index is 0.117. The van der Waals surface area contributed by atoms with Gasteiger partial charge in [0.15, 0.2) is 11.5 Å². The van der Waals surface area contributed by atoms with Gasteiger partial charge < -0.3 is 15.2 Å². The van der Waals surface area contributed by atoms with Crippen LogP contribution in [0.5, 0.6) is 11.5 Å². The minimum atomic E-state index is 0.117. The smallest absolute Gasteiger partial charge is 0.161 e. The van der Waals surface area contributed by atoms with E-state index in [0.717, 1.165) is 24.5 Å². The van der Waals surface area contributed by atoms with Gasteiger partial charge in [0.2, 0.25) is 0 Å². The molecular formula is C16H24N2O2. The van der Waals surface area contributed by atoms with E-state index in [9.17, 15) is 0 Å². The summed E-state index contributed by atoms with van der Waals surface area (Å²) in [7, 11) is 0. The molecule has 1 aromatic rings. The Kier molecular flexibility index (Phi) is 3.38. The van der Waals surface area contributed by atoms with E-state index in [2.05, 4.69) is 37.8 Å². The first-order valence-corrected chi connectivity index (χ1v) is 7.39. The van der Waals surface area contributed by atoms with Gasteiger partial charge in [-0.1, -0.05) is 6.07 Å². The van der Waals surface area contributed by atoms with Crippen LogP contribution in [-0.2, 0) is 0 Å². The van der Waals surface area contributed by atoms with Gasteiger partial charge in [0.1, 0.15) is 13.2 Å². The molecule has 4 heteroatoms. The van der Waals surface area contributed by atoms with Crippen LogP contribution in [0.25, 0.3) is 0 Å². The predicted octanol–water partition coefficient (Wildman–Crippen LogP) is 2.33. The number of likely N-dealkylation sites (tertiary alicyclic amines) is 1. The Morgan fingerprint density at radius 2 is 1.85 bits per heavy atom. The van der Waals surface area contributed by atoms with E-state index in [1.54, 1.807) is 0 Å². The molecule has 0 amide bonds. The highest BCUT2D eigenvalue weighted by atomic mass is 16.6. The lowest BCUT2D eigenvalue weighted by Gasteiger charge is -2.38. The molecule has 20 heavy (non-hydrogen) atoms. The van der Waals surface area contributed by atoms with Gasteiger partial charge >= 0.3 is 0 Å². The molecule has 1 aromatic carbocycles. The van der Waals surface area contributed by atoms with Gasteiger partial charge in [0, 0.05) is 18.1 Å². The van der Waals surface area contributed by atoms with Crippen molar-refractivity contribution < 1.29 is 9.47 Å². The number of rotatable bonds is 1. The third-order valence-electron chi connectivity index (χ3n) is 4.21. The van der Waals surface area contributed by atoms with Crippen LogP contribution < -0.4 is 15.2 Å². The van der Waals surface area contributed by atoms with Crippen molar-refractivity contribution in [2.45, 2.75) is 44.8 Å². The molecule has 0 radical (unpaired) electrons. The normalized spacial score (nSPS) is 26.8. The van der Waals surface area contributed by atoms with Crippen LogP contribution in [0.1, 0.15) is 38.8 Å². The molecule has 110 valence electrons. The van der Waals surface area contributed by atoms with Crippen LogP contribution in [0.3, 0.4) is 0 Å². The van der Waals surface area contributed by atoms with E-state index < -0.39 is 0 Å². The summed E-state index contributed by atoms with van der Waals surface area (Å²) in [4.78, 5) is 2.49. The van der Waals surface area contributed by atoms with Crippen molar-refractivity contribution in [1.29, 1.82) is 0 Å². The van der Waals surface area contributed by atoms with E-state index >= 15 is 0 Å². The molecule has 0 bridgehead atoms. The van der Waals surface area contributed by atoms with Gasteiger partial charge in [-0.25, -0.2) is 0 Å². The molecule has 0 saturated carbocycles. The van der Waals surface area contributed by atoms with E-state index in [1.807, 2.05) is 6.07 Å². The number of ether oxygens (including phenoxy) is 2. The van der Waals surface area contributed by atoms with Gasteiger partial charge in [0.25, 0.3) is 0 Å². The first kappa shape index (κ1) is 13.7. The van der Waals surface area contributed by atoms with Crippen LogP contribution in [0.2, 0.25) is 0 Å². The number of benzene rings is 1. The number of fused-ring (bicyclic) bond motifs is 1. The molecule has 2 heterocycles. The lowest BCUT2D eigenvalue weighted by molar-refractivity contribution is 0.116. The average Bonchev–Trinajstić information content (AvgIpc) is 2.80. The summed E-state index contributed by atoms with van der Waals surface area (Å²) >= 11 is 0. The standard InChI is InChI=1S/C16H24N2O2/c1-16(2,3)18-7-6-12(17)15(18)11-4-5-13-14(10-11)20-9-8-19-13/h4-5,10,12,15H,6-9,17H2,1-3H3. The van der Waals surface area contributed by atoms with E-state index in [1.165, 1.54) is 5.56 Å². The van der Waals surface area contributed by atoms with Crippen molar-refractivity contribution in [1.82, 2.24) is 4.90 Å². The largest absolute Gasteiger partial charge is 0.486 e. The van der Waals surface area contributed by atoms with Crippen LogP contribution in [0, 0.1) is 0 Å². The summed E-state index contributed by atoms with van der Waals surface area (Å²) in [5.74, 6) is 1.69. The van der Waals surface area contributed by atoms with Crippen molar-refractivity contribution in [2.24, 2.45) is 5.73 Å². The Hall–Kier alpha value is -1.26. The van der Waals surface area contributed by atoms with Crippen LogP contribution >= 0.6 is 0 Å². The highest BCUT2D eigenvalue weighted by molar-refractivity contribution is 5.45. The summed E-state index contributed by atoms with van der Waals surface area (Å²) in [6, 6.07) is 6.67. The fraction of sp³-hybridized carbons (Fsp3) is 0.625. The molecule has 2 aliphatic rings. The number of hydrogen-bond acceptors (Lipinski definition) is 4. The zero-order chi connectivity index (χ0) is 14.3. The first-order chi connectivity index (χ1) is 9.47. The lowest BCUT2D eigenvalue weighted by atomic mass is 9.96. The Labute approximate surface area is 120 Å². The molecule has 0 spiro atoms. The molecule has 3 rings (SSSR count). The summed E-state index contributed by atoms with van der Waals surface area (Å²) < 4.78 is 11.3. The molecule has 2 aliphatic heterocycles. The number of hydrogen-bond donors (Lipinski definition) is 1. The summed E-state index contributed by atoms with van der Waals surface area (Å²) in [5.41, 5.74) is 7.71. The second-order valence-corrected chi connectivity index (χ2v) is 6.66. The van der Waals surface area contributed by atoms with Crippen LogP contribution in [0.15, 0.2) is 18.2 Å². The number of nitrogens with two attached hydrogens (primary N) is 1. The maximum Gasteiger partial charge on any atom is 0.161 e. The fourth-order valence-corrected chi connectivity index (χ4v) is 3.24. The predicted molar refractivity (Wildman–Crippen MR) is 79.2 cm³/mol. The van der Waals surface area contributed by atoms with E-state index in [-0.39, 0.29) is 17.6 Å². The second-order valence-electron chi connectivity index (χ2n) is 6.66. The molecule has 2 N–H and O–H groups in total. The Morgan fingerprint density at radius 3 is 2.55 bits per heavy atom. The SMILES string of the molecule is CC(C)(C)N1CCC(N)C1c1ccc2c(c1)OCCO2. The van der Waals surface area contributed by atoms with E-state index in [4.69, 9.17) is 15.2 Å². The summed E-state index contributed by atoms with van der Waals surface area (Å²) in [6.07, 6.45) is 1.04. The molecule has 1 fully saturated rings. The molecule has 4 nitrogen and oxygen atoms in total. The zero-order valence-corrected chi connectivity index (χ0v) is 12.6. The second kappa shape index (κ2) is 4.93. The first-order valence-electron chi connectivity index (χ1n) is 7.39. The van der Waals surface area contributed by atoms with Crippen molar-refractivity contribution in [2.75, 3.05) is 19.8 Å². The van der Waals surface area contributed by atoms with Crippen LogP contribution in [-0.4, -0.2) is 36.2 Å². The van der Waals surface area contributed by atoms with Gasteiger partial charge in [-0.2, -0.15) is 0 Å². The quantitative estimate of drug-likeness (QED) is 0.855. The summed E-state index contributed by atoms with van der Waals surface area (Å²) in [5, 5.41) is 0. The third-order valence-corrected chi connectivity index (χ3v) is 4.21. The average molecular weight is 276 g/mol. The fourth-order valence-electron chi connectivity index (χ4n) is 3.24. The molecule has 2 atom stereocenters. The molecular weight excluding hydrogens is 252 g/mol. The van der Waals surface area contributed by atoms with Gasteiger partial charge in [-0.05, 0) is 44.9 Å². The van der Waals surface area contributed by atoms with Gasteiger partial charge in [-0.15, -0.1) is 0 Å². The topological polar surface area (TPSA) is 47.7 Å². The van der Waals surface area contributed by atoms with Crippen LogP contribution in [0.4, 0.5) is 0 Å². The molecule has 1 saturated heterocycles. The summed E-state index contributed by atoms with van der Waals surface area (Å²) in [6.45, 7) is 9.03. The Morgan fingerprint density at radius 1 is 1.15 bits per heavy atom. The van der Waals surface area contributed by atoms with Crippen molar-refractivity contribution >= 4 is 0 Å².